The molecule has 0 saturated carbocycles. The maximum absolute atomic E-state index is 14.2. The molecule has 0 saturated heterocycles. The molecule has 3 nitrogen and oxygen atoms in total. The van der Waals surface area contributed by atoms with Crippen molar-refractivity contribution in [1.82, 2.24) is 0 Å². The molecule has 0 bridgehead atoms. The van der Waals surface area contributed by atoms with Gasteiger partial charge in [-0.1, -0.05) is 102 Å². The topological polar surface area (TPSA) is 37.4 Å². The molecule has 0 aromatic heterocycles. The quantitative estimate of drug-likeness (QED) is 0.126. The zero-order chi connectivity index (χ0) is 27.4. The Kier molecular flexibility index (Phi) is 4.69. The second-order valence-electron chi connectivity index (χ2n) is 13.0. The van der Waals surface area contributed by atoms with Crippen molar-refractivity contribution in [2.45, 2.75) is 52.4 Å². The highest BCUT2D eigenvalue weighted by Crippen LogP contribution is 2.45. The zero-order valence-corrected chi connectivity index (χ0v) is 23.3. The number of anilines is 1. The summed E-state index contributed by atoms with van der Waals surface area (Å²) in [6, 6.07) is 26.9. The number of rotatable bonds is 1. The molecule has 7 rings (SSSR count). The van der Waals surface area contributed by atoms with Gasteiger partial charge in [0.1, 0.15) is 0 Å². The van der Waals surface area contributed by atoms with E-state index < -0.39 is 0 Å². The van der Waals surface area contributed by atoms with Crippen LogP contribution in [-0.2, 0) is 10.8 Å². The number of hydrogen-bond donors (Lipinski definition) is 0. The van der Waals surface area contributed by atoms with Gasteiger partial charge in [-0.05, 0) is 77.9 Å². The van der Waals surface area contributed by atoms with Crippen LogP contribution in [-0.4, -0.2) is 11.8 Å². The SMILES string of the molecule is CC(C)(C)c1ccc(N2C(=O)c3ccc4c5cccc6cccc(c7ccc(c3c47)C2=O)c65)c(C(C)(C)C)c1. The molecule has 0 aliphatic carbocycles. The molecule has 0 spiro atoms. The van der Waals surface area contributed by atoms with Gasteiger partial charge in [0.05, 0.1) is 5.69 Å². The van der Waals surface area contributed by atoms with Gasteiger partial charge >= 0.3 is 0 Å². The van der Waals surface area contributed by atoms with E-state index >= 15 is 0 Å². The van der Waals surface area contributed by atoms with E-state index in [9.17, 15) is 9.59 Å². The Labute approximate surface area is 228 Å². The van der Waals surface area contributed by atoms with E-state index in [0.29, 0.717) is 16.8 Å². The first-order valence-electron chi connectivity index (χ1n) is 13.6. The van der Waals surface area contributed by atoms with Crippen molar-refractivity contribution in [3.05, 3.63) is 101 Å². The largest absolute Gasteiger partial charge is 0.268 e. The van der Waals surface area contributed by atoms with Crippen molar-refractivity contribution >= 4 is 60.6 Å². The Bertz CT molecular complexity index is 1920. The monoisotopic (exact) mass is 509 g/mol. The van der Waals surface area contributed by atoms with Gasteiger partial charge in [-0.25, -0.2) is 4.90 Å². The van der Waals surface area contributed by atoms with Gasteiger partial charge in [-0.15, -0.1) is 0 Å². The number of carbonyl (C=O) groups is 2. The van der Waals surface area contributed by atoms with Gasteiger partial charge in [-0.3, -0.25) is 9.59 Å². The summed E-state index contributed by atoms with van der Waals surface area (Å²) in [7, 11) is 0. The molecule has 0 radical (unpaired) electrons. The molecular weight excluding hydrogens is 478 g/mol. The minimum Gasteiger partial charge on any atom is -0.268 e. The summed E-state index contributed by atoms with van der Waals surface area (Å²) in [5.74, 6) is -0.524. The molecule has 1 aliphatic rings. The molecule has 0 atom stereocenters. The minimum atomic E-state index is -0.262. The van der Waals surface area contributed by atoms with E-state index in [4.69, 9.17) is 0 Å². The molecule has 192 valence electrons. The van der Waals surface area contributed by atoms with Crippen molar-refractivity contribution in [1.29, 1.82) is 0 Å². The van der Waals surface area contributed by atoms with Gasteiger partial charge in [-0.2, -0.15) is 0 Å². The van der Waals surface area contributed by atoms with Crippen LogP contribution in [0.5, 0.6) is 0 Å². The van der Waals surface area contributed by atoms with E-state index in [0.717, 1.165) is 37.9 Å². The second kappa shape index (κ2) is 7.66. The van der Waals surface area contributed by atoms with E-state index in [-0.39, 0.29) is 22.6 Å². The third kappa shape index (κ3) is 3.22. The average Bonchev–Trinajstić information content (AvgIpc) is 2.89. The summed E-state index contributed by atoms with van der Waals surface area (Å²) in [5, 5.41) is 8.63. The number of imide groups is 1. The third-order valence-electron chi connectivity index (χ3n) is 8.42. The molecule has 2 amide bonds. The fourth-order valence-electron chi connectivity index (χ4n) is 6.44. The number of amides is 2. The number of nitrogens with zero attached hydrogens (tertiary/aromatic N) is 1. The van der Waals surface area contributed by atoms with Gasteiger partial charge in [0, 0.05) is 16.5 Å². The highest BCUT2D eigenvalue weighted by atomic mass is 16.2. The zero-order valence-electron chi connectivity index (χ0n) is 23.3. The molecular formula is C36H31NO2. The molecule has 6 aromatic rings. The predicted octanol–water partition coefficient (Wildman–Crippen LogP) is 9.13. The van der Waals surface area contributed by atoms with Crippen LogP contribution in [0.15, 0.2) is 78.9 Å². The fourth-order valence-corrected chi connectivity index (χ4v) is 6.44. The van der Waals surface area contributed by atoms with E-state index in [2.05, 4.69) is 102 Å². The maximum atomic E-state index is 14.2. The second-order valence-corrected chi connectivity index (χ2v) is 13.0. The summed E-state index contributed by atoms with van der Waals surface area (Å²) >= 11 is 0. The van der Waals surface area contributed by atoms with E-state index in [1.807, 2.05) is 18.2 Å². The summed E-state index contributed by atoms with van der Waals surface area (Å²) in [6.07, 6.45) is 0. The van der Waals surface area contributed by atoms with Gasteiger partial charge in [0.25, 0.3) is 11.8 Å². The lowest BCUT2D eigenvalue weighted by molar-refractivity contribution is 0.0893. The minimum absolute atomic E-state index is 0.0493. The van der Waals surface area contributed by atoms with Crippen LogP contribution >= 0.6 is 0 Å². The highest BCUT2D eigenvalue weighted by molar-refractivity contribution is 6.42. The maximum Gasteiger partial charge on any atom is 0.265 e. The van der Waals surface area contributed by atoms with Crippen molar-refractivity contribution < 1.29 is 9.59 Å². The van der Waals surface area contributed by atoms with Gasteiger partial charge in [0.2, 0.25) is 0 Å². The Morgan fingerprint density at radius 3 is 1.59 bits per heavy atom. The summed E-state index contributed by atoms with van der Waals surface area (Å²) < 4.78 is 0. The molecule has 0 N–H and O–H groups in total. The van der Waals surface area contributed by atoms with Gasteiger partial charge in [0.15, 0.2) is 0 Å². The Morgan fingerprint density at radius 1 is 0.538 bits per heavy atom. The van der Waals surface area contributed by atoms with E-state index in [1.165, 1.54) is 21.2 Å². The third-order valence-corrected chi connectivity index (χ3v) is 8.42. The number of fused-ring (bicyclic) bond motifs is 2. The van der Waals surface area contributed by atoms with Crippen molar-refractivity contribution in [2.75, 3.05) is 4.90 Å². The molecule has 6 aromatic carbocycles. The van der Waals surface area contributed by atoms with Crippen LogP contribution in [0.1, 0.15) is 73.4 Å². The lowest BCUT2D eigenvalue weighted by atomic mass is 9.79. The Balaban J connectivity index is 1.52. The lowest BCUT2D eigenvalue weighted by Crippen LogP contribution is -2.41. The smallest absolute Gasteiger partial charge is 0.265 e. The fraction of sp³-hybridized carbons (Fsp3) is 0.222. The first-order chi connectivity index (χ1) is 18.5. The lowest BCUT2D eigenvalue weighted by Gasteiger charge is -2.34. The molecule has 3 heteroatoms. The molecule has 1 heterocycles. The predicted molar refractivity (Wildman–Crippen MR) is 163 cm³/mol. The Hall–Kier alpha value is -4.24. The molecule has 39 heavy (non-hydrogen) atoms. The molecule has 0 unspecified atom stereocenters. The van der Waals surface area contributed by atoms with Crippen molar-refractivity contribution in [3.8, 4) is 0 Å². The van der Waals surface area contributed by atoms with Crippen molar-refractivity contribution in [2.24, 2.45) is 0 Å². The van der Waals surface area contributed by atoms with Crippen LogP contribution in [0.25, 0.3) is 43.1 Å². The van der Waals surface area contributed by atoms with Crippen LogP contribution in [0.3, 0.4) is 0 Å². The number of benzene rings is 6. The van der Waals surface area contributed by atoms with Crippen LogP contribution in [0.4, 0.5) is 5.69 Å². The number of carbonyl (C=O) groups excluding carboxylic acids is 2. The van der Waals surface area contributed by atoms with Gasteiger partial charge < -0.3 is 0 Å². The normalized spacial score (nSPS) is 14.5. The van der Waals surface area contributed by atoms with E-state index in [1.54, 1.807) is 0 Å². The molecule has 1 aliphatic heterocycles. The first kappa shape index (κ1) is 23.8. The number of hydrogen-bond acceptors (Lipinski definition) is 2. The van der Waals surface area contributed by atoms with Crippen LogP contribution in [0, 0.1) is 0 Å². The van der Waals surface area contributed by atoms with Crippen LogP contribution < -0.4 is 4.90 Å². The standard InChI is InChI=1S/C36H31NO2/c1-35(2,3)21-13-18-29(28(19-21)36(4,5)6)37-33(38)26-16-14-24-22-11-7-9-20-10-8-12-23(30(20)22)25-15-17-27(34(37)39)32(26)31(24)25/h7-19H,1-6H3. The van der Waals surface area contributed by atoms with Crippen LogP contribution in [0.2, 0.25) is 0 Å². The highest BCUT2D eigenvalue weighted by Gasteiger charge is 2.38. The Morgan fingerprint density at radius 2 is 1.08 bits per heavy atom. The summed E-state index contributed by atoms with van der Waals surface area (Å²) in [6.45, 7) is 12.9. The first-order valence-corrected chi connectivity index (χ1v) is 13.6. The summed E-state index contributed by atoms with van der Waals surface area (Å²) in [5.41, 5.74) is 3.69. The summed E-state index contributed by atoms with van der Waals surface area (Å²) in [4.78, 5) is 29.9. The van der Waals surface area contributed by atoms with Crippen molar-refractivity contribution in [3.63, 3.8) is 0 Å². The average molecular weight is 510 g/mol. The molecule has 0 fully saturated rings.